The maximum Gasteiger partial charge on any atom is 0.251 e. The number of nitrogens with one attached hydrogen (secondary N) is 3. The third-order valence-electron chi connectivity index (χ3n) is 5.85. The highest BCUT2D eigenvalue weighted by molar-refractivity contribution is 5.95. The summed E-state index contributed by atoms with van der Waals surface area (Å²) in [6, 6.07) is 6.17. The van der Waals surface area contributed by atoms with Gasteiger partial charge in [-0.1, -0.05) is 6.07 Å². The van der Waals surface area contributed by atoms with E-state index in [0.717, 1.165) is 76.6 Å². The molecule has 0 atom stereocenters. The highest BCUT2D eigenvalue weighted by Gasteiger charge is 2.39. The van der Waals surface area contributed by atoms with Gasteiger partial charge in [-0.25, -0.2) is 0 Å². The molecule has 1 aromatic rings. The van der Waals surface area contributed by atoms with Gasteiger partial charge in [0, 0.05) is 49.4 Å². The van der Waals surface area contributed by atoms with Crippen molar-refractivity contribution in [1.82, 2.24) is 15.5 Å². The molecule has 3 heterocycles. The van der Waals surface area contributed by atoms with E-state index in [-0.39, 0.29) is 11.3 Å². The lowest BCUT2D eigenvalue weighted by Gasteiger charge is -2.33. The van der Waals surface area contributed by atoms with Crippen LogP contribution in [0, 0.1) is 0 Å². The van der Waals surface area contributed by atoms with Crippen LogP contribution in [-0.2, 0) is 10.2 Å². The van der Waals surface area contributed by atoms with Crippen LogP contribution in [0.2, 0.25) is 0 Å². The van der Waals surface area contributed by atoms with Gasteiger partial charge in [-0.2, -0.15) is 0 Å². The summed E-state index contributed by atoms with van der Waals surface area (Å²) in [5.41, 5.74) is 3.53. The Morgan fingerprint density at radius 1 is 1.24 bits per heavy atom. The van der Waals surface area contributed by atoms with Gasteiger partial charge in [0.2, 0.25) is 0 Å². The van der Waals surface area contributed by atoms with Crippen LogP contribution in [0.1, 0.15) is 28.8 Å². The third-order valence-corrected chi connectivity index (χ3v) is 5.85. The first-order valence-corrected chi connectivity index (χ1v) is 9.44. The Balaban J connectivity index is 1.36. The number of piperidine rings is 1. The van der Waals surface area contributed by atoms with Gasteiger partial charge < -0.3 is 20.7 Å². The van der Waals surface area contributed by atoms with E-state index in [4.69, 9.17) is 4.74 Å². The van der Waals surface area contributed by atoms with Crippen molar-refractivity contribution in [3.05, 3.63) is 29.3 Å². The number of rotatable bonds is 4. The fraction of sp³-hybridized carbons (Fsp3) is 0.632. The number of amides is 1. The average molecular weight is 344 g/mol. The molecule has 25 heavy (non-hydrogen) atoms. The van der Waals surface area contributed by atoms with Gasteiger partial charge in [0.1, 0.15) is 0 Å². The SMILES string of the molecule is O=C(NCCN1CCOCC1)c1ccc2c(c1)NCC21CCNCC1. The molecule has 3 N–H and O–H groups in total. The van der Waals surface area contributed by atoms with Gasteiger partial charge in [-0.05, 0) is 43.6 Å². The largest absolute Gasteiger partial charge is 0.384 e. The van der Waals surface area contributed by atoms with E-state index in [0.29, 0.717) is 6.54 Å². The molecule has 1 aromatic carbocycles. The summed E-state index contributed by atoms with van der Waals surface area (Å²) in [6.45, 7) is 8.20. The minimum atomic E-state index is 0.0177. The van der Waals surface area contributed by atoms with Crippen molar-refractivity contribution in [3.63, 3.8) is 0 Å². The smallest absolute Gasteiger partial charge is 0.251 e. The number of carbonyl (C=O) groups is 1. The zero-order chi connectivity index (χ0) is 17.1. The first kappa shape index (κ1) is 16.8. The van der Waals surface area contributed by atoms with E-state index in [2.05, 4.69) is 26.9 Å². The standard InChI is InChI=1S/C19H28N4O2/c24-18(21-7-8-23-9-11-25-12-10-23)15-1-2-16-17(13-15)22-14-19(16)3-5-20-6-4-19/h1-2,13,20,22H,3-12,14H2,(H,21,24). The average Bonchev–Trinajstić information content (AvgIpc) is 3.00. The molecule has 0 aromatic heterocycles. The molecule has 2 fully saturated rings. The van der Waals surface area contributed by atoms with Gasteiger partial charge in [0.05, 0.1) is 13.2 Å². The molecule has 4 rings (SSSR count). The number of ether oxygens (including phenoxy) is 1. The summed E-state index contributed by atoms with van der Waals surface area (Å²) < 4.78 is 5.35. The summed E-state index contributed by atoms with van der Waals surface area (Å²) in [4.78, 5) is 14.8. The van der Waals surface area contributed by atoms with Gasteiger partial charge >= 0.3 is 0 Å². The monoisotopic (exact) mass is 344 g/mol. The molecular weight excluding hydrogens is 316 g/mol. The van der Waals surface area contributed by atoms with E-state index in [1.807, 2.05) is 12.1 Å². The van der Waals surface area contributed by atoms with Crippen molar-refractivity contribution in [2.75, 3.05) is 64.3 Å². The van der Waals surface area contributed by atoms with Gasteiger partial charge in [-0.15, -0.1) is 0 Å². The quantitative estimate of drug-likeness (QED) is 0.754. The number of hydrogen-bond acceptors (Lipinski definition) is 5. The zero-order valence-electron chi connectivity index (χ0n) is 14.8. The fourth-order valence-corrected chi connectivity index (χ4v) is 4.26. The van der Waals surface area contributed by atoms with Gasteiger partial charge in [-0.3, -0.25) is 9.69 Å². The van der Waals surface area contributed by atoms with Crippen molar-refractivity contribution in [3.8, 4) is 0 Å². The number of anilines is 1. The second kappa shape index (κ2) is 7.32. The minimum Gasteiger partial charge on any atom is -0.384 e. The molecule has 0 radical (unpaired) electrons. The van der Waals surface area contributed by atoms with Gasteiger partial charge in [0.15, 0.2) is 0 Å². The number of benzene rings is 1. The lowest BCUT2D eigenvalue weighted by atomic mass is 9.74. The maximum atomic E-state index is 12.5. The van der Waals surface area contributed by atoms with Crippen LogP contribution in [0.15, 0.2) is 18.2 Å². The van der Waals surface area contributed by atoms with Crippen LogP contribution in [0.4, 0.5) is 5.69 Å². The highest BCUT2D eigenvalue weighted by Crippen LogP contribution is 2.43. The topological polar surface area (TPSA) is 65.6 Å². The molecule has 6 nitrogen and oxygen atoms in total. The molecule has 1 amide bonds. The predicted octanol–water partition coefficient (Wildman–Crippen LogP) is 0.795. The van der Waals surface area contributed by atoms with Crippen molar-refractivity contribution >= 4 is 11.6 Å². The molecule has 2 saturated heterocycles. The van der Waals surface area contributed by atoms with Crippen molar-refractivity contribution < 1.29 is 9.53 Å². The van der Waals surface area contributed by atoms with Crippen LogP contribution in [0.3, 0.4) is 0 Å². The molecule has 136 valence electrons. The molecule has 1 spiro atoms. The van der Waals surface area contributed by atoms with E-state index in [9.17, 15) is 4.79 Å². The Morgan fingerprint density at radius 2 is 2.04 bits per heavy atom. The van der Waals surface area contributed by atoms with E-state index >= 15 is 0 Å². The van der Waals surface area contributed by atoms with Crippen LogP contribution < -0.4 is 16.0 Å². The Kier molecular flexibility index (Phi) is 4.92. The molecule has 6 heteroatoms. The number of hydrogen-bond donors (Lipinski definition) is 3. The number of fused-ring (bicyclic) bond motifs is 2. The minimum absolute atomic E-state index is 0.0177. The first-order valence-electron chi connectivity index (χ1n) is 9.44. The summed E-state index contributed by atoms with van der Waals surface area (Å²) in [5, 5.41) is 10.0. The molecular formula is C19H28N4O2. The lowest BCUT2D eigenvalue weighted by molar-refractivity contribution is 0.0383. The van der Waals surface area contributed by atoms with Crippen LogP contribution in [0.25, 0.3) is 0 Å². The second-order valence-electron chi connectivity index (χ2n) is 7.35. The Bertz CT molecular complexity index is 622. The van der Waals surface area contributed by atoms with Crippen LogP contribution in [0.5, 0.6) is 0 Å². The summed E-state index contributed by atoms with van der Waals surface area (Å²) in [7, 11) is 0. The van der Waals surface area contributed by atoms with Crippen molar-refractivity contribution in [2.24, 2.45) is 0 Å². The summed E-state index contributed by atoms with van der Waals surface area (Å²) in [6.07, 6.45) is 2.33. The molecule has 3 aliphatic rings. The second-order valence-corrected chi connectivity index (χ2v) is 7.35. The Labute approximate surface area is 149 Å². The molecule has 0 aliphatic carbocycles. The summed E-state index contributed by atoms with van der Waals surface area (Å²) >= 11 is 0. The molecule has 0 unspecified atom stereocenters. The van der Waals surface area contributed by atoms with Crippen LogP contribution >= 0.6 is 0 Å². The van der Waals surface area contributed by atoms with E-state index in [1.165, 1.54) is 5.56 Å². The Morgan fingerprint density at radius 3 is 2.84 bits per heavy atom. The molecule has 0 bridgehead atoms. The van der Waals surface area contributed by atoms with Crippen molar-refractivity contribution in [2.45, 2.75) is 18.3 Å². The number of morpholine rings is 1. The first-order chi connectivity index (χ1) is 12.3. The van der Waals surface area contributed by atoms with E-state index in [1.54, 1.807) is 0 Å². The predicted molar refractivity (Wildman–Crippen MR) is 98.3 cm³/mol. The molecule has 3 aliphatic heterocycles. The number of nitrogens with zero attached hydrogens (tertiary/aromatic N) is 1. The fourth-order valence-electron chi connectivity index (χ4n) is 4.26. The Hall–Kier alpha value is -1.63. The van der Waals surface area contributed by atoms with Crippen molar-refractivity contribution in [1.29, 1.82) is 0 Å². The zero-order valence-corrected chi connectivity index (χ0v) is 14.8. The molecule has 0 saturated carbocycles. The number of carbonyl (C=O) groups excluding carboxylic acids is 1. The highest BCUT2D eigenvalue weighted by atomic mass is 16.5. The van der Waals surface area contributed by atoms with Crippen LogP contribution in [-0.4, -0.2) is 69.8 Å². The lowest BCUT2D eigenvalue weighted by Crippen LogP contribution is -2.41. The normalized spacial score (nSPS) is 22.4. The van der Waals surface area contributed by atoms with E-state index < -0.39 is 0 Å². The third kappa shape index (κ3) is 3.52. The van der Waals surface area contributed by atoms with Gasteiger partial charge in [0.25, 0.3) is 5.91 Å². The summed E-state index contributed by atoms with van der Waals surface area (Å²) in [5.74, 6) is 0.0177. The maximum absolute atomic E-state index is 12.5.